The van der Waals surface area contributed by atoms with Gasteiger partial charge < -0.3 is 16.5 Å². The van der Waals surface area contributed by atoms with E-state index in [1.165, 1.54) is 13.0 Å². The molecule has 2 aromatic carbocycles. The monoisotopic (exact) mass is 400 g/mol. The lowest BCUT2D eigenvalue weighted by Crippen LogP contribution is -2.16. The van der Waals surface area contributed by atoms with Crippen LogP contribution in [0.25, 0.3) is 11.1 Å². The number of primary amides is 1. The maximum atomic E-state index is 14.1. The number of halogens is 3. The molecule has 0 aromatic heterocycles. The maximum absolute atomic E-state index is 14.1. The Hall–Kier alpha value is -2.02. The molecule has 27 heavy (non-hydrogen) atoms. The molecule has 150 valence electrons. The van der Waals surface area contributed by atoms with E-state index < -0.39 is 23.1 Å². The van der Waals surface area contributed by atoms with Crippen LogP contribution in [0.4, 0.5) is 8.78 Å². The summed E-state index contributed by atoms with van der Waals surface area (Å²) in [6.45, 7) is 7.54. The Balaban J connectivity index is 0.00000338. The number of hydrogen-bond donors (Lipinski definition) is 2. The highest BCUT2D eigenvalue weighted by atomic mass is 35.5. The van der Waals surface area contributed by atoms with Crippen molar-refractivity contribution in [2.24, 2.45) is 11.7 Å². The van der Waals surface area contributed by atoms with Crippen LogP contribution in [0.1, 0.15) is 41.8 Å². The first-order chi connectivity index (χ1) is 11.8. The van der Waals surface area contributed by atoms with E-state index in [4.69, 9.17) is 5.73 Å². The van der Waals surface area contributed by atoms with Crippen molar-refractivity contribution in [2.75, 3.05) is 6.54 Å². The van der Waals surface area contributed by atoms with Crippen molar-refractivity contribution in [1.29, 1.82) is 0 Å². The Kier molecular flexibility index (Phi) is 10.1. The molecule has 0 fully saturated rings. The molecular weight excluding hydrogens is 374 g/mol. The van der Waals surface area contributed by atoms with E-state index in [2.05, 4.69) is 19.2 Å². The molecule has 0 saturated carbocycles. The van der Waals surface area contributed by atoms with Crippen molar-refractivity contribution in [3.63, 3.8) is 0 Å². The predicted molar refractivity (Wildman–Crippen MR) is 107 cm³/mol. The second kappa shape index (κ2) is 11.0. The lowest BCUT2D eigenvalue weighted by atomic mass is 9.96. The van der Waals surface area contributed by atoms with Crippen LogP contribution >= 0.6 is 12.4 Å². The molecule has 0 spiro atoms. The van der Waals surface area contributed by atoms with Gasteiger partial charge in [0.15, 0.2) is 11.6 Å². The topological polar surface area (TPSA) is 86.6 Å². The average Bonchev–Trinajstić information content (AvgIpc) is 2.57. The molecule has 0 saturated heterocycles. The van der Waals surface area contributed by atoms with Gasteiger partial charge in [-0.15, -0.1) is 12.4 Å². The minimum Gasteiger partial charge on any atom is -0.412 e. The van der Waals surface area contributed by atoms with Gasteiger partial charge in [0.05, 0.1) is 5.56 Å². The summed E-state index contributed by atoms with van der Waals surface area (Å²) in [7, 11) is 0. The van der Waals surface area contributed by atoms with Gasteiger partial charge in [0.2, 0.25) is 0 Å². The van der Waals surface area contributed by atoms with Crippen LogP contribution < -0.4 is 11.1 Å². The highest BCUT2D eigenvalue weighted by Crippen LogP contribution is 2.29. The molecule has 4 nitrogen and oxygen atoms in total. The van der Waals surface area contributed by atoms with E-state index >= 15 is 0 Å². The van der Waals surface area contributed by atoms with Crippen LogP contribution in [0.3, 0.4) is 0 Å². The Labute approximate surface area is 164 Å². The second-order valence-electron chi connectivity index (χ2n) is 6.65. The molecule has 0 heterocycles. The Morgan fingerprint density at radius 2 is 1.74 bits per heavy atom. The number of amides is 1. The van der Waals surface area contributed by atoms with Gasteiger partial charge in [-0.1, -0.05) is 38.1 Å². The quantitative estimate of drug-likeness (QED) is 0.693. The maximum Gasteiger partial charge on any atom is 0.251 e. The van der Waals surface area contributed by atoms with E-state index in [9.17, 15) is 13.6 Å². The highest BCUT2D eigenvalue weighted by molar-refractivity contribution is 5.95. The molecule has 0 aliphatic rings. The number of nitrogens with one attached hydrogen (secondary N) is 1. The fourth-order valence-electron chi connectivity index (χ4n) is 2.62. The summed E-state index contributed by atoms with van der Waals surface area (Å²) in [6, 6.07) is 8.85. The van der Waals surface area contributed by atoms with Crippen molar-refractivity contribution >= 4 is 18.3 Å². The molecule has 0 aliphatic heterocycles. The summed E-state index contributed by atoms with van der Waals surface area (Å²) in [4.78, 5) is 11.3. The third-order valence-electron chi connectivity index (χ3n) is 4.21. The molecule has 0 bridgehead atoms. The van der Waals surface area contributed by atoms with Crippen molar-refractivity contribution < 1.29 is 19.1 Å². The molecular formula is C20H27ClF2N2O2. The summed E-state index contributed by atoms with van der Waals surface area (Å²) in [5.41, 5.74) is 7.14. The number of carbonyl (C=O) groups excluding carboxylic acids is 1. The van der Waals surface area contributed by atoms with Gasteiger partial charge in [-0.05, 0) is 54.1 Å². The lowest BCUT2D eigenvalue weighted by molar-refractivity contribution is 0.0995. The zero-order valence-electron chi connectivity index (χ0n) is 15.7. The smallest absolute Gasteiger partial charge is 0.251 e. The Morgan fingerprint density at radius 3 is 2.26 bits per heavy atom. The standard InChI is InChI=1S/C20H24F2N2O.ClH.H2O/c1-12(2)8-9-24-11-14-4-6-15(7-5-14)16-10-17(20(23)25)19(22)18(21)13(16)3;;/h4-7,10,12,24H,8-9,11H2,1-3H3,(H2,23,25);1H;1H2. The summed E-state index contributed by atoms with van der Waals surface area (Å²) >= 11 is 0. The van der Waals surface area contributed by atoms with Crippen LogP contribution in [0.2, 0.25) is 0 Å². The first kappa shape index (κ1) is 25.0. The van der Waals surface area contributed by atoms with E-state index in [0.717, 1.165) is 25.1 Å². The second-order valence-corrected chi connectivity index (χ2v) is 6.65. The molecule has 2 rings (SSSR count). The molecule has 1 amide bonds. The molecule has 7 heteroatoms. The van der Waals surface area contributed by atoms with E-state index in [1.807, 2.05) is 24.3 Å². The van der Waals surface area contributed by atoms with E-state index in [0.29, 0.717) is 17.0 Å². The largest absolute Gasteiger partial charge is 0.412 e. The van der Waals surface area contributed by atoms with Crippen molar-refractivity contribution in [1.82, 2.24) is 5.32 Å². The number of rotatable bonds is 7. The first-order valence-corrected chi connectivity index (χ1v) is 8.39. The molecule has 0 atom stereocenters. The third-order valence-corrected chi connectivity index (χ3v) is 4.21. The van der Waals surface area contributed by atoms with Gasteiger partial charge >= 0.3 is 0 Å². The van der Waals surface area contributed by atoms with Crippen LogP contribution in [-0.2, 0) is 6.54 Å². The third kappa shape index (κ3) is 6.27. The van der Waals surface area contributed by atoms with Crippen molar-refractivity contribution in [3.8, 4) is 11.1 Å². The summed E-state index contributed by atoms with van der Waals surface area (Å²) in [6.07, 6.45) is 1.11. The number of benzene rings is 2. The van der Waals surface area contributed by atoms with Gasteiger partial charge in [0.25, 0.3) is 5.91 Å². The van der Waals surface area contributed by atoms with Gasteiger partial charge in [0.1, 0.15) is 0 Å². The van der Waals surface area contributed by atoms with Crippen molar-refractivity contribution in [2.45, 2.75) is 33.7 Å². The van der Waals surface area contributed by atoms with Gasteiger partial charge in [-0.2, -0.15) is 0 Å². The van der Waals surface area contributed by atoms with E-state index in [-0.39, 0.29) is 23.4 Å². The molecule has 0 aliphatic carbocycles. The molecule has 0 unspecified atom stereocenters. The van der Waals surface area contributed by atoms with Gasteiger partial charge in [-0.25, -0.2) is 8.78 Å². The number of hydrogen-bond acceptors (Lipinski definition) is 2. The minimum absolute atomic E-state index is 0. The summed E-state index contributed by atoms with van der Waals surface area (Å²) < 4.78 is 27.9. The summed E-state index contributed by atoms with van der Waals surface area (Å²) in [5, 5.41) is 3.37. The minimum atomic E-state index is -1.19. The Bertz CT molecular complexity index is 766. The van der Waals surface area contributed by atoms with Gasteiger partial charge in [-0.3, -0.25) is 4.79 Å². The van der Waals surface area contributed by atoms with Crippen LogP contribution in [0.15, 0.2) is 30.3 Å². The van der Waals surface area contributed by atoms with Crippen LogP contribution in [0.5, 0.6) is 0 Å². The average molecular weight is 401 g/mol. The van der Waals surface area contributed by atoms with Crippen LogP contribution in [0, 0.1) is 24.5 Å². The fraction of sp³-hybridized carbons (Fsp3) is 0.350. The predicted octanol–water partition coefficient (Wildman–Crippen LogP) is 3.77. The molecule has 2 aromatic rings. The summed E-state index contributed by atoms with van der Waals surface area (Å²) in [5.74, 6) is -2.56. The Morgan fingerprint density at radius 1 is 1.15 bits per heavy atom. The number of nitrogens with two attached hydrogens (primary N) is 1. The normalized spacial score (nSPS) is 10.3. The van der Waals surface area contributed by atoms with Crippen LogP contribution in [-0.4, -0.2) is 17.9 Å². The zero-order valence-corrected chi connectivity index (χ0v) is 16.6. The van der Waals surface area contributed by atoms with Gasteiger partial charge in [0, 0.05) is 6.54 Å². The highest BCUT2D eigenvalue weighted by Gasteiger charge is 2.19. The first-order valence-electron chi connectivity index (χ1n) is 8.39. The fourth-order valence-corrected chi connectivity index (χ4v) is 2.62. The SMILES string of the molecule is Cc1c(-c2ccc(CNCCC(C)C)cc2)cc(C(N)=O)c(F)c1F.Cl.O. The number of carbonyl (C=O) groups is 1. The zero-order chi connectivity index (χ0) is 18.6. The van der Waals surface area contributed by atoms with Crippen molar-refractivity contribution in [3.05, 3.63) is 58.7 Å². The van der Waals surface area contributed by atoms with E-state index in [1.54, 1.807) is 0 Å². The molecule has 5 N–H and O–H groups in total. The lowest BCUT2D eigenvalue weighted by Gasteiger charge is -2.12. The molecule has 0 radical (unpaired) electrons.